The average Bonchev–Trinajstić information content (AvgIpc) is 3.60. The van der Waals surface area contributed by atoms with Crippen LogP contribution in [0.1, 0.15) is 169 Å². The summed E-state index contributed by atoms with van der Waals surface area (Å²) >= 11 is 0. The number of ketones is 2. The van der Waals surface area contributed by atoms with Gasteiger partial charge in [0.1, 0.15) is 13.2 Å². The van der Waals surface area contributed by atoms with E-state index in [4.69, 9.17) is 5.73 Å². The molecule has 1 saturated carbocycles. The van der Waals surface area contributed by atoms with E-state index >= 15 is 0 Å². The first-order chi connectivity index (χ1) is 24.6. The molecule has 1 aromatic carbocycles. The number of aliphatic imine (C=N–C) groups is 1. The van der Waals surface area contributed by atoms with Crippen LogP contribution in [-0.2, 0) is 19.1 Å². The molecule has 1 fully saturated rings. The average molecular weight is 730 g/mol. The first-order valence-corrected chi connectivity index (χ1v) is 20.5. The Morgan fingerprint density at radius 3 is 1.77 bits per heavy atom. The molecule has 1 aliphatic carbocycles. The van der Waals surface area contributed by atoms with Gasteiger partial charge >= 0.3 is 0 Å². The van der Waals surface area contributed by atoms with Gasteiger partial charge in [-0.05, 0) is 93.4 Å². The molecule has 2 unspecified atom stereocenters. The van der Waals surface area contributed by atoms with Crippen LogP contribution in [0.2, 0.25) is 0 Å². The SMILES string of the molecule is CCCC.CCCC(=O)COC.CCCC(C)CC.CCCN(CCC(C)CC)C(=O)CN=C1CCC/C1=C(/N)C(C)=O.Cc1cccc(C)c1C. The number of nitrogens with zero attached hydrogens (tertiary/aromatic N) is 2. The Morgan fingerprint density at radius 2 is 1.37 bits per heavy atom. The van der Waals surface area contributed by atoms with Gasteiger partial charge in [0, 0.05) is 39.3 Å². The molecular formula is C45H83N3O4. The number of Topliss-reactive ketones (excluding diaryl/α,β-unsaturated/α-hetero) is 2. The van der Waals surface area contributed by atoms with Gasteiger partial charge in [-0.1, -0.05) is 119 Å². The molecular weight excluding hydrogens is 647 g/mol. The highest BCUT2D eigenvalue weighted by atomic mass is 16.5. The minimum Gasteiger partial charge on any atom is -0.396 e. The lowest BCUT2D eigenvalue weighted by atomic mass is 10.0. The molecule has 52 heavy (non-hydrogen) atoms. The predicted octanol–water partition coefficient (Wildman–Crippen LogP) is 11.3. The van der Waals surface area contributed by atoms with Crippen molar-refractivity contribution in [2.75, 3.05) is 33.4 Å². The lowest BCUT2D eigenvalue weighted by Crippen LogP contribution is -2.35. The number of aryl methyl sites for hydroxylation is 2. The maximum atomic E-state index is 12.5. The molecule has 0 heterocycles. The second-order valence-electron chi connectivity index (χ2n) is 14.3. The van der Waals surface area contributed by atoms with Gasteiger partial charge < -0.3 is 15.4 Å². The highest BCUT2D eigenvalue weighted by molar-refractivity contribution is 6.09. The lowest BCUT2D eigenvalue weighted by molar-refractivity contribution is -0.129. The van der Waals surface area contributed by atoms with E-state index < -0.39 is 0 Å². The number of unbranched alkanes of at least 4 members (excludes halogenated alkanes) is 1. The third-order valence-corrected chi connectivity index (χ3v) is 9.42. The summed E-state index contributed by atoms with van der Waals surface area (Å²) in [5.41, 5.74) is 12.1. The number of carbonyl (C=O) groups is 3. The molecule has 1 aromatic rings. The van der Waals surface area contributed by atoms with Crippen molar-refractivity contribution in [3.8, 4) is 0 Å². The number of benzene rings is 1. The zero-order chi connectivity index (χ0) is 40.5. The van der Waals surface area contributed by atoms with Crippen molar-refractivity contribution in [3.05, 3.63) is 46.2 Å². The second kappa shape index (κ2) is 35.2. The van der Waals surface area contributed by atoms with E-state index in [-0.39, 0.29) is 30.6 Å². The van der Waals surface area contributed by atoms with Crippen molar-refractivity contribution in [1.29, 1.82) is 0 Å². The zero-order valence-electron chi connectivity index (χ0n) is 36.5. The van der Waals surface area contributed by atoms with Crippen LogP contribution in [0.15, 0.2) is 34.5 Å². The van der Waals surface area contributed by atoms with Gasteiger partial charge in [0.05, 0.1) is 5.70 Å². The summed E-state index contributed by atoms with van der Waals surface area (Å²) in [6.45, 7) is 29.5. The van der Waals surface area contributed by atoms with Crippen LogP contribution in [0.5, 0.6) is 0 Å². The predicted molar refractivity (Wildman–Crippen MR) is 226 cm³/mol. The molecule has 1 amide bonds. The Morgan fingerprint density at radius 1 is 0.808 bits per heavy atom. The Kier molecular flexibility index (Phi) is 36.3. The zero-order valence-corrected chi connectivity index (χ0v) is 36.5. The van der Waals surface area contributed by atoms with E-state index in [1.807, 2.05) is 11.8 Å². The smallest absolute Gasteiger partial charge is 0.244 e. The van der Waals surface area contributed by atoms with Gasteiger partial charge in [-0.15, -0.1) is 0 Å². The van der Waals surface area contributed by atoms with Gasteiger partial charge in [0.15, 0.2) is 11.6 Å². The molecule has 7 heteroatoms. The van der Waals surface area contributed by atoms with Gasteiger partial charge in [0.25, 0.3) is 0 Å². The van der Waals surface area contributed by atoms with Crippen LogP contribution in [0.25, 0.3) is 0 Å². The molecule has 0 saturated heterocycles. The quantitative estimate of drug-likeness (QED) is 0.161. The highest BCUT2D eigenvalue weighted by Gasteiger charge is 2.21. The highest BCUT2D eigenvalue weighted by Crippen LogP contribution is 2.24. The Bertz CT molecular complexity index is 1110. The van der Waals surface area contributed by atoms with Crippen LogP contribution in [-0.4, -0.2) is 61.4 Å². The molecule has 1 aliphatic rings. The Hall–Kier alpha value is -2.80. The number of carbonyl (C=O) groups excluding carboxylic acids is 3. The summed E-state index contributed by atoms with van der Waals surface area (Å²) in [4.78, 5) is 40.9. The molecule has 2 N–H and O–H groups in total. The number of hydrogen-bond donors (Lipinski definition) is 1. The lowest BCUT2D eigenvalue weighted by Gasteiger charge is -2.23. The molecule has 0 radical (unpaired) electrons. The fourth-order valence-corrected chi connectivity index (χ4v) is 4.99. The van der Waals surface area contributed by atoms with Gasteiger partial charge in [-0.3, -0.25) is 19.4 Å². The fraction of sp³-hybridized carbons (Fsp3) is 0.733. The Balaban J connectivity index is -0.000000696. The first kappa shape index (κ1) is 53.6. The minimum atomic E-state index is -0.118. The van der Waals surface area contributed by atoms with Crippen molar-refractivity contribution in [3.63, 3.8) is 0 Å². The van der Waals surface area contributed by atoms with Crippen LogP contribution in [0.4, 0.5) is 0 Å². The largest absolute Gasteiger partial charge is 0.396 e. The third kappa shape index (κ3) is 27.8. The molecule has 0 spiro atoms. The van der Waals surface area contributed by atoms with E-state index in [1.165, 1.54) is 62.8 Å². The monoisotopic (exact) mass is 730 g/mol. The van der Waals surface area contributed by atoms with Crippen LogP contribution < -0.4 is 5.73 Å². The second-order valence-corrected chi connectivity index (χ2v) is 14.3. The third-order valence-electron chi connectivity index (χ3n) is 9.42. The van der Waals surface area contributed by atoms with Crippen LogP contribution >= 0.6 is 0 Å². The van der Waals surface area contributed by atoms with Gasteiger partial charge in [0.2, 0.25) is 5.91 Å². The van der Waals surface area contributed by atoms with E-state index in [1.54, 1.807) is 0 Å². The topological polar surface area (TPSA) is 102 Å². The first-order valence-electron chi connectivity index (χ1n) is 20.5. The number of rotatable bonds is 17. The van der Waals surface area contributed by atoms with Crippen molar-refractivity contribution in [1.82, 2.24) is 4.90 Å². The van der Waals surface area contributed by atoms with Crippen LogP contribution in [0.3, 0.4) is 0 Å². The summed E-state index contributed by atoms with van der Waals surface area (Å²) in [5.74, 6) is 1.72. The van der Waals surface area contributed by atoms with Crippen molar-refractivity contribution in [2.24, 2.45) is 22.6 Å². The number of nitrogens with two attached hydrogens (primary N) is 1. The van der Waals surface area contributed by atoms with E-state index in [0.717, 1.165) is 75.2 Å². The fourth-order valence-electron chi connectivity index (χ4n) is 4.99. The number of allylic oxidation sites excluding steroid dienone is 2. The summed E-state index contributed by atoms with van der Waals surface area (Å²) in [7, 11) is 1.54. The van der Waals surface area contributed by atoms with Gasteiger partial charge in [-0.25, -0.2) is 0 Å². The standard InChI is InChI=1S/C19H33N3O2.C9H12.C7H16.C6H12O2.C4H10/c1-5-11-22(12-10-14(3)6-2)18(24)13-21-17-9-7-8-16(17)19(20)15(4)23;1-7-5-4-6-8(2)9(7)3;1-4-6-7(3)5-2;1-3-4-6(7)5-8-2;1-3-4-2/h14H,5-13,20H2,1-4H3;4-6H,1-3H3;7H,4-6H2,1-3H3;3-5H2,1-2H3;3-4H2,1-2H3/b19-16-,21-17?;;;;. The molecule has 2 rings (SSSR count). The molecule has 7 nitrogen and oxygen atoms in total. The van der Waals surface area contributed by atoms with Crippen LogP contribution in [0, 0.1) is 32.6 Å². The maximum absolute atomic E-state index is 12.5. The molecule has 302 valence electrons. The molecule has 0 bridgehead atoms. The number of amides is 1. The molecule has 2 atom stereocenters. The summed E-state index contributed by atoms with van der Waals surface area (Å²) in [6, 6.07) is 6.38. The van der Waals surface area contributed by atoms with Crippen molar-refractivity contribution >= 4 is 23.2 Å². The van der Waals surface area contributed by atoms with E-state index in [0.29, 0.717) is 18.0 Å². The van der Waals surface area contributed by atoms with Crippen molar-refractivity contribution in [2.45, 2.75) is 173 Å². The summed E-state index contributed by atoms with van der Waals surface area (Å²) in [5, 5.41) is 0. The summed E-state index contributed by atoms with van der Waals surface area (Å²) < 4.78 is 4.61. The maximum Gasteiger partial charge on any atom is 0.244 e. The number of hydrogen-bond acceptors (Lipinski definition) is 6. The number of methoxy groups -OCH3 is 1. The normalized spacial score (nSPS) is 14.5. The van der Waals surface area contributed by atoms with E-state index in [9.17, 15) is 14.4 Å². The molecule has 0 aromatic heterocycles. The van der Waals surface area contributed by atoms with E-state index in [2.05, 4.69) is 104 Å². The number of ether oxygens (including phenoxy) is 1. The molecule has 0 aliphatic heterocycles. The minimum absolute atomic E-state index is 0.0697. The van der Waals surface area contributed by atoms with Crippen molar-refractivity contribution < 1.29 is 19.1 Å². The summed E-state index contributed by atoms with van der Waals surface area (Å²) in [6.07, 6.45) is 13.9. The Labute approximate surface area is 322 Å². The van der Waals surface area contributed by atoms with Gasteiger partial charge in [-0.2, -0.15) is 0 Å².